The number of carbonyl (C=O) groups excluding carboxylic acids is 1. The third kappa shape index (κ3) is 2.20. The third-order valence-corrected chi connectivity index (χ3v) is 3.76. The highest BCUT2D eigenvalue weighted by Crippen LogP contribution is 2.35. The molecular weight excluding hydrogens is 278 g/mol. The molecule has 0 spiro atoms. The summed E-state index contributed by atoms with van der Waals surface area (Å²) >= 11 is 0. The van der Waals surface area contributed by atoms with Gasteiger partial charge in [0.25, 0.3) is 0 Å². The van der Waals surface area contributed by atoms with Crippen molar-refractivity contribution in [3.8, 4) is 0 Å². The Bertz CT molecular complexity index is 754. The van der Waals surface area contributed by atoms with Crippen molar-refractivity contribution in [2.45, 2.75) is 6.54 Å². The zero-order chi connectivity index (χ0) is 15.7. The number of fused-ring (bicyclic) bond motifs is 2. The van der Waals surface area contributed by atoms with Crippen LogP contribution < -0.4 is 22.3 Å². The predicted molar refractivity (Wildman–Crippen MR) is 86.3 cm³/mol. The first-order valence-electron chi connectivity index (χ1n) is 6.82. The first-order valence-corrected chi connectivity index (χ1v) is 6.82. The van der Waals surface area contributed by atoms with Crippen LogP contribution in [0.5, 0.6) is 0 Å². The van der Waals surface area contributed by atoms with Crippen LogP contribution in [-0.2, 0) is 11.3 Å². The topological polar surface area (TPSA) is 102 Å². The van der Waals surface area contributed by atoms with Crippen molar-refractivity contribution in [3.05, 3.63) is 65.2 Å². The number of hydrogen-bond donors (Lipinski definition) is 3. The van der Waals surface area contributed by atoms with Crippen molar-refractivity contribution in [1.82, 2.24) is 5.12 Å². The lowest BCUT2D eigenvalue weighted by molar-refractivity contribution is -0.107. The highest BCUT2D eigenvalue weighted by atomic mass is 16.1. The fourth-order valence-corrected chi connectivity index (χ4v) is 2.76. The summed E-state index contributed by atoms with van der Waals surface area (Å²) in [5.74, 6) is 11.6. The van der Waals surface area contributed by atoms with E-state index in [0.717, 1.165) is 22.7 Å². The van der Waals surface area contributed by atoms with Gasteiger partial charge in [0, 0.05) is 11.1 Å². The van der Waals surface area contributed by atoms with Crippen molar-refractivity contribution in [2.24, 2.45) is 17.4 Å². The first kappa shape index (κ1) is 14.1. The molecule has 112 valence electrons. The van der Waals surface area contributed by atoms with Gasteiger partial charge in [0.05, 0.1) is 17.9 Å². The van der Waals surface area contributed by atoms with E-state index < -0.39 is 0 Å². The van der Waals surface area contributed by atoms with E-state index >= 15 is 0 Å². The average Bonchev–Trinajstić information content (AvgIpc) is 2.52. The van der Waals surface area contributed by atoms with Gasteiger partial charge in [-0.05, 0) is 11.6 Å². The minimum atomic E-state index is 0.430. The van der Waals surface area contributed by atoms with E-state index in [9.17, 15) is 4.79 Å². The smallest absolute Gasteiger partial charge is 0.214 e. The van der Waals surface area contributed by atoms with E-state index in [4.69, 9.17) is 17.4 Å². The molecule has 0 atom stereocenters. The molecule has 6 N–H and O–H groups in total. The van der Waals surface area contributed by atoms with Gasteiger partial charge >= 0.3 is 0 Å². The molecule has 6 nitrogen and oxygen atoms in total. The van der Waals surface area contributed by atoms with Gasteiger partial charge < -0.3 is 10.6 Å². The van der Waals surface area contributed by atoms with E-state index in [2.05, 4.69) is 0 Å². The van der Waals surface area contributed by atoms with Crippen LogP contribution in [0.15, 0.2) is 48.5 Å². The second kappa shape index (κ2) is 5.51. The van der Waals surface area contributed by atoms with Gasteiger partial charge in [0.15, 0.2) is 0 Å². The van der Waals surface area contributed by atoms with Crippen LogP contribution in [0, 0.1) is 0 Å². The van der Waals surface area contributed by atoms with Crippen LogP contribution in [-0.4, -0.2) is 11.5 Å². The molecular formula is C16H17N5O. The number of anilines is 1. The molecule has 0 aromatic heterocycles. The Labute approximate surface area is 128 Å². The highest BCUT2D eigenvalue weighted by molar-refractivity contribution is 5.96. The summed E-state index contributed by atoms with van der Waals surface area (Å²) in [5, 5.41) is 0.999. The summed E-state index contributed by atoms with van der Waals surface area (Å²) in [6.07, 6.45) is 0.798. The van der Waals surface area contributed by atoms with Crippen molar-refractivity contribution in [2.75, 3.05) is 4.90 Å². The molecule has 6 heteroatoms. The van der Waals surface area contributed by atoms with Gasteiger partial charge in [0.1, 0.15) is 5.70 Å². The van der Waals surface area contributed by atoms with Gasteiger partial charge in [-0.2, -0.15) is 0 Å². The average molecular weight is 295 g/mol. The molecule has 0 radical (unpaired) electrons. The van der Waals surface area contributed by atoms with Crippen LogP contribution in [0.2, 0.25) is 0 Å². The van der Waals surface area contributed by atoms with Crippen LogP contribution in [0.3, 0.4) is 0 Å². The van der Waals surface area contributed by atoms with E-state index in [1.807, 2.05) is 48.5 Å². The molecule has 2 aromatic carbocycles. The molecule has 1 heterocycles. The molecule has 1 aliphatic rings. The van der Waals surface area contributed by atoms with Gasteiger partial charge in [0.2, 0.25) is 6.41 Å². The lowest BCUT2D eigenvalue weighted by Crippen LogP contribution is -2.38. The fraction of sp³-hybridized carbons (Fsp3) is 0.0625. The number of nitrogens with zero attached hydrogens (tertiary/aromatic N) is 2. The number of para-hydroxylation sites is 1. The number of hydrogen-bond acceptors (Lipinski definition) is 5. The molecule has 2 aromatic rings. The highest BCUT2D eigenvalue weighted by Gasteiger charge is 2.23. The molecule has 22 heavy (non-hydrogen) atoms. The predicted octanol–water partition coefficient (Wildman–Crippen LogP) is 0.997. The Balaban J connectivity index is 2.37. The summed E-state index contributed by atoms with van der Waals surface area (Å²) in [6.45, 7) is 0.430. The minimum absolute atomic E-state index is 0.430. The van der Waals surface area contributed by atoms with Gasteiger partial charge in [-0.1, -0.05) is 42.5 Å². The molecule has 0 fully saturated rings. The van der Waals surface area contributed by atoms with E-state index in [1.165, 1.54) is 0 Å². The Hall–Kier alpha value is -2.83. The minimum Gasteiger partial charge on any atom is -0.396 e. The lowest BCUT2D eigenvalue weighted by Gasteiger charge is -2.29. The number of amides is 1. The Morgan fingerprint density at radius 2 is 1.64 bits per heavy atom. The molecule has 3 rings (SSSR count). The van der Waals surface area contributed by atoms with Crippen LogP contribution >= 0.6 is 0 Å². The summed E-state index contributed by atoms with van der Waals surface area (Å²) in [4.78, 5) is 13.2. The summed E-state index contributed by atoms with van der Waals surface area (Å²) < 4.78 is 0. The number of carbonyl (C=O) groups is 1. The van der Waals surface area contributed by atoms with E-state index in [1.54, 1.807) is 4.90 Å². The molecule has 0 unspecified atom stereocenters. The summed E-state index contributed by atoms with van der Waals surface area (Å²) in [7, 11) is 0. The number of nitrogens with two attached hydrogens (primary N) is 3. The van der Waals surface area contributed by atoms with Gasteiger partial charge in [-0.25, -0.2) is 16.8 Å². The Kier molecular flexibility index (Phi) is 3.54. The number of benzene rings is 2. The Morgan fingerprint density at radius 3 is 2.32 bits per heavy atom. The normalized spacial score (nSPS) is 17.1. The summed E-state index contributed by atoms with van der Waals surface area (Å²) in [5.41, 5.74) is 10.5. The quantitative estimate of drug-likeness (QED) is 0.436. The second-order valence-corrected chi connectivity index (χ2v) is 5.08. The second-order valence-electron chi connectivity index (χ2n) is 5.08. The molecule has 1 amide bonds. The Morgan fingerprint density at radius 1 is 1.00 bits per heavy atom. The van der Waals surface area contributed by atoms with Crippen LogP contribution in [0.4, 0.5) is 5.69 Å². The summed E-state index contributed by atoms with van der Waals surface area (Å²) in [6, 6.07) is 15.0. The van der Waals surface area contributed by atoms with Crippen molar-refractivity contribution in [3.63, 3.8) is 0 Å². The van der Waals surface area contributed by atoms with Gasteiger partial charge in [-0.3, -0.25) is 4.79 Å². The molecule has 0 bridgehead atoms. The lowest BCUT2D eigenvalue weighted by atomic mass is 9.96. The van der Waals surface area contributed by atoms with Crippen molar-refractivity contribution >= 4 is 23.5 Å². The SMILES string of the molecule is N/C1=C(\N(N)N)c2ccccc2N(C=O)Cc2ccccc21. The maximum atomic E-state index is 11.6. The van der Waals surface area contributed by atoms with E-state index in [0.29, 0.717) is 29.2 Å². The fourth-order valence-electron chi connectivity index (χ4n) is 2.76. The van der Waals surface area contributed by atoms with Gasteiger partial charge in [-0.15, -0.1) is 0 Å². The van der Waals surface area contributed by atoms with Crippen molar-refractivity contribution < 1.29 is 4.79 Å². The third-order valence-electron chi connectivity index (χ3n) is 3.76. The largest absolute Gasteiger partial charge is 0.396 e. The van der Waals surface area contributed by atoms with Crippen molar-refractivity contribution in [1.29, 1.82) is 0 Å². The van der Waals surface area contributed by atoms with Crippen LogP contribution in [0.25, 0.3) is 11.4 Å². The van der Waals surface area contributed by atoms with E-state index in [-0.39, 0.29) is 0 Å². The molecule has 0 aliphatic carbocycles. The maximum Gasteiger partial charge on any atom is 0.214 e. The monoisotopic (exact) mass is 295 g/mol. The zero-order valence-corrected chi connectivity index (χ0v) is 11.9. The number of rotatable bonds is 2. The van der Waals surface area contributed by atoms with Crippen LogP contribution in [0.1, 0.15) is 16.7 Å². The number of hydrazine groups is 2. The zero-order valence-electron chi connectivity index (χ0n) is 11.9. The standard InChI is InChI=1S/C16H17N5O/c17-15-12-6-2-1-5-11(12)9-20(10-22)14-8-4-3-7-13(14)16(15)21(18)19/h1-8,10H,9,17-19H2/b16-15-. The molecule has 1 aliphatic heterocycles. The maximum absolute atomic E-state index is 11.6. The molecule has 0 saturated heterocycles. The molecule has 0 saturated carbocycles. The first-order chi connectivity index (χ1) is 10.6.